The van der Waals surface area contributed by atoms with E-state index in [1.165, 1.54) is 18.0 Å². The number of pyridine rings is 1. The highest BCUT2D eigenvalue weighted by Gasteiger charge is 2.13. The van der Waals surface area contributed by atoms with Gasteiger partial charge in [-0.25, -0.2) is 4.98 Å². The van der Waals surface area contributed by atoms with Crippen LogP contribution in [0.15, 0.2) is 52.2 Å². The molecule has 0 saturated heterocycles. The molecule has 0 spiro atoms. The van der Waals surface area contributed by atoms with E-state index in [0.717, 1.165) is 10.5 Å². The second-order valence-corrected chi connectivity index (χ2v) is 7.42. The average molecular weight is 430 g/mol. The summed E-state index contributed by atoms with van der Waals surface area (Å²) < 4.78 is 5.66. The van der Waals surface area contributed by atoms with Gasteiger partial charge in [0.2, 0.25) is 11.8 Å². The van der Waals surface area contributed by atoms with Gasteiger partial charge in [-0.05, 0) is 30.9 Å². The summed E-state index contributed by atoms with van der Waals surface area (Å²) in [6.45, 7) is 9.47. The van der Waals surface area contributed by atoms with Gasteiger partial charge in [0.25, 0.3) is 5.91 Å². The van der Waals surface area contributed by atoms with Crippen LogP contribution in [0, 0.1) is 0 Å². The number of nitrogens with zero attached hydrogens (tertiary/aromatic N) is 2. The van der Waals surface area contributed by atoms with Gasteiger partial charge in [0.1, 0.15) is 6.61 Å². The van der Waals surface area contributed by atoms with Gasteiger partial charge in [-0.1, -0.05) is 18.3 Å². The molecule has 0 aromatic carbocycles. The molecule has 1 aromatic rings. The van der Waals surface area contributed by atoms with E-state index < -0.39 is 0 Å². The van der Waals surface area contributed by atoms with Gasteiger partial charge < -0.3 is 20.7 Å². The summed E-state index contributed by atoms with van der Waals surface area (Å²) in [5, 5.41) is 10.5. The summed E-state index contributed by atoms with van der Waals surface area (Å²) in [4.78, 5) is 33.9. The third-order valence-corrected chi connectivity index (χ3v) is 5.15. The van der Waals surface area contributed by atoms with Crippen LogP contribution >= 0.6 is 11.8 Å². The number of hydrogen-bond donors (Lipinski definition) is 3. The highest BCUT2D eigenvalue weighted by molar-refractivity contribution is 8.10. The lowest BCUT2D eigenvalue weighted by molar-refractivity contribution is -0.117. The van der Waals surface area contributed by atoms with Gasteiger partial charge in [0.05, 0.1) is 5.70 Å². The highest BCUT2D eigenvalue weighted by Crippen LogP contribution is 2.29. The molecule has 0 aliphatic carbocycles. The van der Waals surface area contributed by atoms with E-state index in [9.17, 15) is 9.59 Å². The molecule has 2 amide bonds. The minimum atomic E-state index is -0.323. The first-order chi connectivity index (χ1) is 14.4. The van der Waals surface area contributed by atoms with E-state index in [1.54, 1.807) is 32.5 Å². The van der Waals surface area contributed by atoms with Crippen LogP contribution in [-0.4, -0.2) is 56.3 Å². The predicted molar refractivity (Wildman–Crippen MR) is 121 cm³/mol. The summed E-state index contributed by atoms with van der Waals surface area (Å²) in [5.41, 5.74) is 2.07. The first-order valence-corrected chi connectivity index (χ1v) is 10.3. The lowest BCUT2D eigenvalue weighted by Gasteiger charge is -2.11. The maximum absolute atomic E-state index is 12.6. The minimum absolute atomic E-state index is 0.272. The Morgan fingerprint density at radius 2 is 2.03 bits per heavy atom. The molecule has 1 aliphatic heterocycles. The van der Waals surface area contributed by atoms with Crippen molar-refractivity contribution in [3.63, 3.8) is 0 Å². The van der Waals surface area contributed by atoms with Crippen LogP contribution < -0.4 is 20.7 Å². The Kier molecular flexibility index (Phi) is 9.30. The van der Waals surface area contributed by atoms with Crippen LogP contribution in [0.4, 0.5) is 0 Å². The molecular weight excluding hydrogens is 402 g/mol. The third kappa shape index (κ3) is 7.16. The van der Waals surface area contributed by atoms with Crippen molar-refractivity contribution < 1.29 is 14.3 Å². The molecule has 2 heterocycles. The number of hydrogen-bond acceptors (Lipinski definition) is 7. The topological polar surface area (TPSA) is 105 Å². The molecular formula is C21H27N5O3S. The SMILES string of the molecule is C=C1S/C=C(\C)C(=O)N/C(C=NC)=C(/C)C(=O)NCCNCCOc2cc1ccn2. The number of amides is 2. The number of aromatic nitrogens is 1. The molecule has 0 atom stereocenters. The Bertz CT molecular complexity index is 892. The smallest absolute Gasteiger partial charge is 0.251 e. The molecule has 30 heavy (non-hydrogen) atoms. The normalized spacial score (nSPS) is 22.1. The molecule has 0 saturated carbocycles. The van der Waals surface area contributed by atoms with Crippen molar-refractivity contribution in [1.29, 1.82) is 0 Å². The molecule has 0 unspecified atom stereocenters. The fourth-order valence-electron chi connectivity index (χ4n) is 2.39. The van der Waals surface area contributed by atoms with Crippen molar-refractivity contribution in [2.75, 3.05) is 33.3 Å². The first-order valence-electron chi connectivity index (χ1n) is 9.47. The van der Waals surface area contributed by atoms with Gasteiger partial charge in [-0.3, -0.25) is 14.6 Å². The number of rotatable bonds is 1. The lowest BCUT2D eigenvalue weighted by Crippen LogP contribution is -2.35. The van der Waals surface area contributed by atoms with E-state index in [2.05, 4.69) is 32.5 Å². The molecule has 2 rings (SSSR count). The van der Waals surface area contributed by atoms with Crippen molar-refractivity contribution >= 4 is 34.7 Å². The van der Waals surface area contributed by atoms with Gasteiger partial charge in [0.15, 0.2) is 0 Å². The van der Waals surface area contributed by atoms with Crippen molar-refractivity contribution in [3.05, 3.63) is 52.7 Å². The van der Waals surface area contributed by atoms with Crippen molar-refractivity contribution in [3.8, 4) is 5.88 Å². The number of fused-ring (bicyclic) bond motifs is 2. The monoisotopic (exact) mass is 429 g/mol. The molecule has 1 aromatic heterocycles. The molecule has 1 aliphatic rings. The van der Waals surface area contributed by atoms with Crippen LogP contribution in [0.1, 0.15) is 19.4 Å². The lowest BCUT2D eigenvalue weighted by atomic mass is 10.2. The quantitative estimate of drug-likeness (QED) is 0.589. The molecule has 3 N–H and O–H groups in total. The van der Waals surface area contributed by atoms with Crippen LogP contribution in [-0.2, 0) is 9.59 Å². The van der Waals surface area contributed by atoms with E-state index in [0.29, 0.717) is 49.0 Å². The Hall–Kier alpha value is -2.91. The molecule has 8 nitrogen and oxygen atoms in total. The van der Waals surface area contributed by atoms with Gasteiger partial charge in [-0.15, -0.1) is 0 Å². The number of ether oxygens (including phenoxy) is 1. The first kappa shape index (κ1) is 23.4. The third-order valence-electron chi connectivity index (χ3n) is 4.16. The molecule has 9 heteroatoms. The molecule has 0 radical (unpaired) electrons. The maximum Gasteiger partial charge on any atom is 0.251 e. The summed E-state index contributed by atoms with van der Waals surface area (Å²) in [5.74, 6) is -0.0921. The van der Waals surface area contributed by atoms with E-state index >= 15 is 0 Å². The fourth-order valence-corrected chi connectivity index (χ4v) is 3.08. The zero-order valence-corrected chi connectivity index (χ0v) is 18.3. The van der Waals surface area contributed by atoms with Crippen LogP contribution in [0.25, 0.3) is 4.91 Å². The largest absolute Gasteiger partial charge is 0.476 e. The Balaban J connectivity index is 2.26. The Labute approximate surface area is 181 Å². The number of thioether (sulfide) groups is 1. The number of allylic oxidation sites excluding steroid dienone is 1. The number of aliphatic imine (C=N–C) groups is 1. The predicted octanol–water partition coefficient (Wildman–Crippen LogP) is 1.88. The summed E-state index contributed by atoms with van der Waals surface area (Å²) in [7, 11) is 1.58. The zero-order chi connectivity index (χ0) is 21.9. The van der Waals surface area contributed by atoms with Crippen molar-refractivity contribution in [1.82, 2.24) is 20.9 Å². The summed E-state index contributed by atoms with van der Waals surface area (Å²) in [6, 6.07) is 3.65. The second kappa shape index (κ2) is 11.9. The van der Waals surface area contributed by atoms with E-state index in [4.69, 9.17) is 4.74 Å². The fraction of sp³-hybridized carbons (Fsp3) is 0.333. The van der Waals surface area contributed by atoms with Gasteiger partial charge >= 0.3 is 0 Å². The highest BCUT2D eigenvalue weighted by atomic mass is 32.2. The van der Waals surface area contributed by atoms with E-state index in [-0.39, 0.29) is 11.8 Å². The average Bonchev–Trinajstić information content (AvgIpc) is 2.75. The van der Waals surface area contributed by atoms with Crippen molar-refractivity contribution in [2.24, 2.45) is 4.99 Å². The van der Waals surface area contributed by atoms with Crippen LogP contribution in [0.3, 0.4) is 0 Å². The Morgan fingerprint density at radius 1 is 1.23 bits per heavy atom. The Morgan fingerprint density at radius 3 is 2.80 bits per heavy atom. The summed E-state index contributed by atoms with van der Waals surface area (Å²) in [6.07, 6.45) is 3.12. The molecule has 160 valence electrons. The molecule has 2 bridgehead atoms. The van der Waals surface area contributed by atoms with Crippen LogP contribution in [0.5, 0.6) is 5.88 Å². The minimum Gasteiger partial charge on any atom is -0.476 e. The number of nitrogens with one attached hydrogen (secondary N) is 3. The maximum atomic E-state index is 12.6. The number of carbonyl (C=O) groups excluding carboxylic acids is 2. The van der Waals surface area contributed by atoms with Gasteiger partial charge in [-0.2, -0.15) is 0 Å². The van der Waals surface area contributed by atoms with Gasteiger partial charge in [0, 0.05) is 61.2 Å². The van der Waals surface area contributed by atoms with E-state index in [1.807, 2.05) is 12.1 Å². The zero-order valence-electron chi connectivity index (χ0n) is 17.4. The second-order valence-electron chi connectivity index (χ2n) is 6.46. The van der Waals surface area contributed by atoms with Crippen molar-refractivity contribution in [2.45, 2.75) is 13.8 Å². The summed E-state index contributed by atoms with van der Waals surface area (Å²) >= 11 is 1.33. The standard InChI is InChI=1S/C21H27N5O3S/c1-14-13-30-16(3)17-5-6-24-19(11-17)29-10-9-23-7-8-25-21(28)15(2)18(12-22-4)26-20(14)27/h5-6,11-13,23H,3,7-10H2,1-2,4H3,(H,25,28)(H,26,27)/b14-13+,18-15-,22-12?. The molecule has 0 fully saturated rings. The number of carbonyl (C=O) groups is 2. The van der Waals surface area contributed by atoms with Crippen LogP contribution in [0.2, 0.25) is 0 Å².